The topological polar surface area (TPSA) is 75.7 Å². The predicted molar refractivity (Wildman–Crippen MR) is 112 cm³/mol. The molecule has 1 aliphatic rings. The number of amides is 1. The van der Waals surface area contributed by atoms with Crippen LogP contribution in [-0.4, -0.2) is 38.8 Å². The molecular weight excluding hydrogens is 388 g/mol. The third-order valence-corrected chi connectivity index (χ3v) is 7.36. The highest BCUT2D eigenvalue weighted by Gasteiger charge is 2.32. The van der Waals surface area contributed by atoms with E-state index in [1.807, 2.05) is 31.2 Å². The summed E-state index contributed by atoms with van der Waals surface area (Å²) in [5, 5.41) is 3.13. The lowest BCUT2D eigenvalue weighted by molar-refractivity contribution is -0.126. The maximum atomic E-state index is 12.8. The Bertz CT molecular complexity index is 906. The van der Waals surface area contributed by atoms with Gasteiger partial charge in [-0.15, -0.1) is 0 Å². The summed E-state index contributed by atoms with van der Waals surface area (Å²) in [5.41, 5.74) is 1.03. The maximum absolute atomic E-state index is 12.8. The molecule has 29 heavy (non-hydrogen) atoms. The Labute approximate surface area is 172 Å². The molecule has 1 atom stereocenters. The van der Waals surface area contributed by atoms with Crippen LogP contribution >= 0.6 is 0 Å². The van der Waals surface area contributed by atoms with Crippen LogP contribution in [0.3, 0.4) is 0 Å². The zero-order valence-corrected chi connectivity index (χ0v) is 17.7. The summed E-state index contributed by atoms with van der Waals surface area (Å²) in [5.74, 6) is 0.593. The van der Waals surface area contributed by atoms with Crippen LogP contribution in [-0.2, 0) is 14.8 Å². The molecule has 1 aliphatic heterocycles. The molecular formula is C22H28N2O4S. The summed E-state index contributed by atoms with van der Waals surface area (Å²) in [6.07, 6.45) is 1.83. The van der Waals surface area contributed by atoms with Gasteiger partial charge in [-0.25, -0.2) is 8.42 Å². The fourth-order valence-electron chi connectivity index (χ4n) is 3.65. The van der Waals surface area contributed by atoms with E-state index in [1.165, 1.54) is 4.31 Å². The zero-order chi connectivity index (χ0) is 20.9. The molecule has 1 amide bonds. The van der Waals surface area contributed by atoms with Crippen LogP contribution in [0, 0.1) is 5.92 Å². The quantitative estimate of drug-likeness (QED) is 0.751. The van der Waals surface area contributed by atoms with E-state index < -0.39 is 10.0 Å². The minimum absolute atomic E-state index is 0.00979. The van der Waals surface area contributed by atoms with E-state index in [9.17, 15) is 13.2 Å². The van der Waals surface area contributed by atoms with Crippen molar-refractivity contribution in [2.45, 2.75) is 37.1 Å². The van der Waals surface area contributed by atoms with Gasteiger partial charge in [-0.3, -0.25) is 4.79 Å². The zero-order valence-electron chi connectivity index (χ0n) is 16.9. The highest BCUT2D eigenvalue weighted by atomic mass is 32.2. The van der Waals surface area contributed by atoms with E-state index in [-0.39, 0.29) is 17.9 Å². The number of nitrogens with one attached hydrogen (secondary N) is 1. The second kappa shape index (κ2) is 9.41. The highest BCUT2D eigenvalue weighted by molar-refractivity contribution is 7.89. The van der Waals surface area contributed by atoms with Crippen molar-refractivity contribution in [3.63, 3.8) is 0 Å². The lowest BCUT2D eigenvalue weighted by atomic mass is 9.95. The summed E-state index contributed by atoms with van der Waals surface area (Å²) in [7, 11) is -1.88. The Balaban J connectivity index is 1.59. The number of rotatable bonds is 7. The molecule has 0 radical (unpaired) electrons. The number of hydrogen-bond donors (Lipinski definition) is 1. The molecule has 2 aromatic rings. The van der Waals surface area contributed by atoms with E-state index in [2.05, 4.69) is 5.32 Å². The Hall–Kier alpha value is -2.38. The van der Waals surface area contributed by atoms with Gasteiger partial charge in [-0.1, -0.05) is 37.3 Å². The Morgan fingerprint density at radius 3 is 2.28 bits per heavy atom. The average molecular weight is 417 g/mol. The van der Waals surface area contributed by atoms with Crippen molar-refractivity contribution in [2.75, 3.05) is 20.2 Å². The summed E-state index contributed by atoms with van der Waals surface area (Å²) < 4.78 is 32.1. The summed E-state index contributed by atoms with van der Waals surface area (Å²) in [6.45, 7) is 2.74. The molecule has 0 saturated carbocycles. The largest absolute Gasteiger partial charge is 0.497 e. The van der Waals surface area contributed by atoms with E-state index in [0.717, 1.165) is 17.7 Å². The van der Waals surface area contributed by atoms with E-state index in [0.29, 0.717) is 30.8 Å². The normalized spacial score (nSPS) is 16.9. The molecule has 2 aromatic carbocycles. The molecule has 1 fully saturated rings. The van der Waals surface area contributed by atoms with Crippen LogP contribution in [0.1, 0.15) is 37.8 Å². The number of piperidine rings is 1. The van der Waals surface area contributed by atoms with Crippen LogP contribution in [0.2, 0.25) is 0 Å². The molecule has 0 aromatic heterocycles. The van der Waals surface area contributed by atoms with Gasteiger partial charge in [0, 0.05) is 19.0 Å². The Kier molecular flexibility index (Phi) is 6.92. The predicted octanol–water partition coefficient (Wildman–Crippen LogP) is 3.36. The van der Waals surface area contributed by atoms with Crippen molar-refractivity contribution in [3.05, 3.63) is 60.2 Å². The van der Waals surface area contributed by atoms with Crippen LogP contribution in [0.4, 0.5) is 0 Å². The third kappa shape index (κ3) is 4.97. The van der Waals surface area contributed by atoms with Gasteiger partial charge in [0.1, 0.15) is 5.75 Å². The number of hydrogen-bond acceptors (Lipinski definition) is 4. The van der Waals surface area contributed by atoms with Gasteiger partial charge in [0.25, 0.3) is 0 Å². The minimum Gasteiger partial charge on any atom is -0.497 e. The smallest absolute Gasteiger partial charge is 0.243 e. The molecule has 1 saturated heterocycles. The Morgan fingerprint density at radius 2 is 1.72 bits per heavy atom. The van der Waals surface area contributed by atoms with Crippen molar-refractivity contribution in [1.82, 2.24) is 9.62 Å². The van der Waals surface area contributed by atoms with Gasteiger partial charge < -0.3 is 10.1 Å². The maximum Gasteiger partial charge on any atom is 0.243 e. The van der Waals surface area contributed by atoms with Gasteiger partial charge in [-0.2, -0.15) is 4.31 Å². The SMILES string of the molecule is CCC(NC(=O)C1CCN(S(=O)(=O)c2ccccc2)CC1)c1ccc(OC)cc1. The van der Waals surface area contributed by atoms with Gasteiger partial charge >= 0.3 is 0 Å². The minimum atomic E-state index is -3.50. The Morgan fingerprint density at radius 1 is 1.10 bits per heavy atom. The molecule has 0 bridgehead atoms. The summed E-state index contributed by atoms with van der Waals surface area (Å²) in [6, 6.07) is 16.1. The number of benzene rings is 2. The van der Waals surface area contributed by atoms with Crippen molar-refractivity contribution in [3.8, 4) is 5.75 Å². The number of sulfonamides is 1. The van der Waals surface area contributed by atoms with Gasteiger partial charge in [-0.05, 0) is 49.1 Å². The number of methoxy groups -OCH3 is 1. The fraction of sp³-hybridized carbons (Fsp3) is 0.409. The molecule has 7 heteroatoms. The molecule has 0 aliphatic carbocycles. The monoisotopic (exact) mass is 416 g/mol. The van der Waals surface area contributed by atoms with Crippen LogP contribution < -0.4 is 10.1 Å². The van der Waals surface area contributed by atoms with Gasteiger partial charge in [0.15, 0.2) is 0 Å². The average Bonchev–Trinajstić information content (AvgIpc) is 2.78. The number of carbonyl (C=O) groups is 1. The molecule has 0 spiro atoms. The number of carbonyl (C=O) groups excluding carboxylic acids is 1. The molecule has 6 nitrogen and oxygen atoms in total. The molecule has 1 N–H and O–H groups in total. The summed E-state index contributed by atoms with van der Waals surface area (Å²) in [4.78, 5) is 13.1. The molecule has 1 unspecified atom stereocenters. The van der Waals surface area contributed by atoms with Crippen LogP contribution in [0.5, 0.6) is 5.75 Å². The number of ether oxygens (including phenoxy) is 1. The van der Waals surface area contributed by atoms with E-state index in [1.54, 1.807) is 37.4 Å². The first-order chi connectivity index (χ1) is 14.0. The second-order valence-electron chi connectivity index (χ2n) is 7.23. The second-order valence-corrected chi connectivity index (χ2v) is 9.17. The summed E-state index contributed by atoms with van der Waals surface area (Å²) >= 11 is 0. The first-order valence-electron chi connectivity index (χ1n) is 9.95. The van der Waals surface area contributed by atoms with Gasteiger partial charge in [0.2, 0.25) is 15.9 Å². The van der Waals surface area contributed by atoms with Crippen LogP contribution in [0.25, 0.3) is 0 Å². The standard InChI is InChI=1S/C22H28N2O4S/c1-3-21(17-9-11-19(28-2)12-10-17)23-22(25)18-13-15-24(16-14-18)29(26,27)20-7-5-4-6-8-20/h4-12,18,21H,3,13-16H2,1-2H3,(H,23,25). The van der Waals surface area contributed by atoms with Crippen molar-refractivity contribution < 1.29 is 17.9 Å². The van der Waals surface area contributed by atoms with Crippen LogP contribution in [0.15, 0.2) is 59.5 Å². The van der Waals surface area contributed by atoms with Gasteiger partial charge in [0.05, 0.1) is 18.0 Å². The van der Waals surface area contributed by atoms with E-state index in [4.69, 9.17) is 4.74 Å². The lowest BCUT2D eigenvalue weighted by Gasteiger charge is -2.31. The van der Waals surface area contributed by atoms with Crippen molar-refractivity contribution in [2.24, 2.45) is 5.92 Å². The van der Waals surface area contributed by atoms with Crippen molar-refractivity contribution >= 4 is 15.9 Å². The lowest BCUT2D eigenvalue weighted by Crippen LogP contribution is -2.43. The third-order valence-electron chi connectivity index (χ3n) is 5.45. The first-order valence-corrected chi connectivity index (χ1v) is 11.4. The highest BCUT2D eigenvalue weighted by Crippen LogP contribution is 2.26. The first kappa shape index (κ1) is 21.3. The molecule has 1 heterocycles. The molecule has 156 valence electrons. The fourth-order valence-corrected chi connectivity index (χ4v) is 5.14. The van der Waals surface area contributed by atoms with Crippen molar-refractivity contribution in [1.29, 1.82) is 0 Å². The molecule has 3 rings (SSSR count). The number of nitrogens with zero attached hydrogens (tertiary/aromatic N) is 1. The van der Waals surface area contributed by atoms with E-state index >= 15 is 0 Å².